The second-order valence-electron chi connectivity index (χ2n) is 7.85. The van der Waals surface area contributed by atoms with Crippen LogP contribution in [0.4, 0.5) is 0 Å². The average Bonchev–Trinajstić information content (AvgIpc) is 3.45. The van der Waals surface area contributed by atoms with E-state index in [1.807, 2.05) is 39.7 Å². The van der Waals surface area contributed by atoms with Crippen LogP contribution in [0.5, 0.6) is 0 Å². The van der Waals surface area contributed by atoms with E-state index in [0.29, 0.717) is 37.9 Å². The molecule has 4 aromatic rings. The molecule has 0 bridgehead atoms. The highest BCUT2D eigenvalue weighted by molar-refractivity contribution is 5.89. The first-order valence-electron chi connectivity index (χ1n) is 11.0. The number of nitrogens with zero attached hydrogens (tertiary/aromatic N) is 7. The Labute approximate surface area is 191 Å². The molecule has 168 valence electrons. The van der Waals surface area contributed by atoms with Crippen molar-refractivity contribution in [1.29, 1.82) is 0 Å². The lowest BCUT2D eigenvalue weighted by molar-refractivity contribution is 0.0515. The number of fused-ring (bicyclic) bond motifs is 1. The van der Waals surface area contributed by atoms with Crippen molar-refractivity contribution in [2.24, 2.45) is 0 Å². The number of esters is 1. The number of carbonyl (C=O) groups excluding carboxylic acids is 1. The van der Waals surface area contributed by atoms with Crippen LogP contribution < -0.4 is 0 Å². The van der Waals surface area contributed by atoms with E-state index >= 15 is 0 Å². The summed E-state index contributed by atoms with van der Waals surface area (Å²) in [6.45, 7) is 4.82. The fraction of sp³-hybridized carbons (Fsp3) is 0.292. The summed E-state index contributed by atoms with van der Waals surface area (Å²) in [7, 11) is 0. The Hall–Kier alpha value is -3.85. The first-order chi connectivity index (χ1) is 16.2. The molecule has 33 heavy (non-hydrogen) atoms. The molecule has 9 nitrogen and oxygen atoms in total. The highest BCUT2D eigenvalue weighted by atomic mass is 16.5. The van der Waals surface area contributed by atoms with Gasteiger partial charge >= 0.3 is 5.97 Å². The highest BCUT2D eigenvalue weighted by Crippen LogP contribution is 2.26. The van der Waals surface area contributed by atoms with Crippen molar-refractivity contribution in [3.8, 4) is 5.95 Å². The third kappa shape index (κ3) is 4.40. The number of aromatic nitrogens is 6. The van der Waals surface area contributed by atoms with Crippen LogP contribution in [0.15, 0.2) is 61.2 Å². The van der Waals surface area contributed by atoms with Crippen LogP contribution in [0.2, 0.25) is 0 Å². The number of rotatable bonds is 7. The second-order valence-corrected chi connectivity index (χ2v) is 7.85. The van der Waals surface area contributed by atoms with Gasteiger partial charge in [0.05, 0.1) is 18.8 Å². The van der Waals surface area contributed by atoms with E-state index in [-0.39, 0.29) is 5.97 Å². The summed E-state index contributed by atoms with van der Waals surface area (Å²) in [5.74, 6) is 0.266. The number of hydrogen-bond acceptors (Lipinski definition) is 7. The standard InChI is InChI=1S/C24H25N7O2/c1-2-33-23(32)22-20-17-29(16-19-8-5-13-30(19)24-26-11-6-12-27-24)14-9-21(20)31(28-22)15-18-7-3-4-10-25-18/h3-8,10-13H,2,9,14-17H2,1H3. The maximum Gasteiger partial charge on any atom is 0.359 e. The summed E-state index contributed by atoms with van der Waals surface area (Å²) in [6.07, 6.45) is 8.00. The zero-order valence-corrected chi connectivity index (χ0v) is 18.5. The van der Waals surface area contributed by atoms with Gasteiger partial charge < -0.3 is 4.74 Å². The molecule has 1 aliphatic rings. The zero-order valence-electron chi connectivity index (χ0n) is 18.5. The van der Waals surface area contributed by atoms with E-state index in [9.17, 15) is 4.79 Å². The van der Waals surface area contributed by atoms with Gasteiger partial charge in [0.25, 0.3) is 0 Å². The number of pyridine rings is 1. The van der Waals surface area contributed by atoms with Crippen molar-refractivity contribution in [3.05, 3.63) is 89.5 Å². The summed E-state index contributed by atoms with van der Waals surface area (Å²) in [5, 5.41) is 4.65. The highest BCUT2D eigenvalue weighted by Gasteiger charge is 2.29. The summed E-state index contributed by atoms with van der Waals surface area (Å²) >= 11 is 0. The van der Waals surface area contributed by atoms with Crippen LogP contribution in [0.1, 0.15) is 40.1 Å². The Balaban J connectivity index is 1.41. The molecule has 0 amide bonds. The number of ether oxygens (including phenoxy) is 1. The molecule has 1 aliphatic heterocycles. The van der Waals surface area contributed by atoms with E-state index < -0.39 is 0 Å². The quantitative estimate of drug-likeness (QED) is 0.406. The molecule has 0 fully saturated rings. The fourth-order valence-electron chi connectivity index (χ4n) is 4.21. The van der Waals surface area contributed by atoms with Gasteiger partial charge in [0.1, 0.15) is 0 Å². The second kappa shape index (κ2) is 9.33. The van der Waals surface area contributed by atoms with Crippen LogP contribution in [0, 0.1) is 0 Å². The monoisotopic (exact) mass is 443 g/mol. The van der Waals surface area contributed by atoms with Gasteiger partial charge in [-0.25, -0.2) is 14.8 Å². The lowest BCUT2D eigenvalue weighted by Crippen LogP contribution is -2.32. The third-order valence-electron chi connectivity index (χ3n) is 5.71. The van der Waals surface area contributed by atoms with Crippen LogP contribution in [0.25, 0.3) is 5.95 Å². The molecule has 0 saturated carbocycles. The van der Waals surface area contributed by atoms with Gasteiger partial charge in [-0.3, -0.25) is 19.1 Å². The minimum Gasteiger partial charge on any atom is -0.461 e. The maximum absolute atomic E-state index is 12.7. The Morgan fingerprint density at radius 3 is 2.67 bits per heavy atom. The van der Waals surface area contributed by atoms with Crippen molar-refractivity contribution < 1.29 is 9.53 Å². The van der Waals surface area contributed by atoms with E-state index in [1.165, 1.54) is 0 Å². The van der Waals surface area contributed by atoms with Gasteiger partial charge in [-0.1, -0.05) is 6.07 Å². The molecular weight excluding hydrogens is 418 g/mol. The van der Waals surface area contributed by atoms with Gasteiger partial charge in [0, 0.05) is 67.8 Å². The SMILES string of the molecule is CCOC(=O)c1nn(Cc2ccccn2)c2c1CN(Cc1cccn1-c1ncccn1)CC2. The molecule has 0 atom stereocenters. The van der Waals surface area contributed by atoms with Gasteiger partial charge in [0.2, 0.25) is 5.95 Å². The number of carbonyl (C=O) groups is 1. The minimum atomic E-state index is -0.378. The first-order valence-corrected chi connectivity index (χ1v) is 11.0. The molecule has 0 N–H and O–H groups in total. The zero-order chi connectivity index (χ0) is 22.6. The third-order valence-corrected chi connectivity index (χ3v) is 5.71. The molecular formula is C24H25N7O2. The van der Waals surface area contributed by atoms with E-state index in [1.54, 1.807) is 31.6 Å². The molecule has 0 radical (unpaired) electrons. The van der Waals surface area contributed by atoms with Crippen molar-refractivity contribution in [1.82, 2.24) is 34.2 Å². The molecule has 4 aromatic heterocycles. The summed E-state index contributed by atoms with van der Waals surface area (Å²) in [6, 6.07) is 11.7. The Morgan fingerprint density at radius 1 is 1.03 bits per heavy atom. The Kier molecular flexibility index (Phi) is 5.95. The molecule has 9 heteroatoms. The Bertz CT molecular complexity index is 1230. The largest absolute Gasteiger partial charge is 0.461 e. The van der Waals surface area contributed by atoms with Crippen LogP contribution in [-0.2, 0) is 30.8 Å². The normalized spacial score (nSPS) is 13.6. The molecule has 5 heterocycles. The minimum absolute atomic E-state index is 0.314. The molecule has 0 unspecified atom stereocenters. The lowest BCUT2D eigenvalue weighted by Gasteiger charge is -2.28. The molecule has 0 aromatic carbocycles. The molecule has 0 spiro atoms. The van der Waals surface area contributed by atoms with E-state index in [0.717, 1.165) is 35.6 Å². The fourth-order valence-corrected chi connectivity index (χ4v) is 4.21. The Morgan fingerprint density at radius 2 is 1.88 bits per heavy atom. The van der Waals surface area contributed by atoms with Crippen LogP contribution in [0.3, 0.4) is 0 Å². The van der Waals surface area contributed by atoms with Crippen LogP contribution >= 0.6 is 0 Å². The van der Waals surface area contributed by atoms with Gasteiger partial charge in [-0.05, 0) is 37.3 Å². The lowest BCUT2D eigenvalue weighted by atomic mass is 10.0. The van der Waals surface area contributed by atoms with Gasteiger partial charge in [-0.2, -0.15) is 5.10 Å². The summed E-state index contributed by atoms with van der Waals surface area (Å²) in [4.78, 5) is 28.1. The maximum atomic E-state index is 12.7. The van der Waals surface area contributed by atoms with Gasteiger partial charge in [-0.15, -0.1) is 0 Å². The molecule has 0 aliphatic carbocycles. The summed E-state index contributed by atoms with van der Waals surface area (Å²) < 4.78 is 9.20. The van der Waals surface area contributed by atoms with E-state index in [2.05, 4.69) is 31.0 Å². The van der Waals surface area contributed by atoms with Crippen molar-refractivity contribution >= 4 is 5.97 Å². The van der Waals surface area contributed by atoms with Crippen molar-refractivity contribution in [2.75, 3.05) is 13.2 Å². The van der Waals surface area contributed by atoms with Gasteiger partial charge in [0.15, 0.2) is 5.69 Å². The van der Waals surface area contributed by atoms with Crippen molar-refractivity contribution in [2.45, 2.75) is 33.0 Å². The average molecular weight is 444 g/mol. The molecule has 0 saturated heterocycles. The predicted octanol–water partition coefficient (Wildman–Crippen LogP) is 2.64. The first kappa shape index (κ1) is 21.0. The van der Waals surface area contributed by atoms with E-state index in [4.69, 9.17) is 4.74 Å². The summed E-state index contributed by atoms with van der Waals surface area (Å²) in [5.41, 5.74) is 4.39. The smallest absolute Gasteiger partial charge is 0.359 e. The predicted molar refractivity (Wildman–Crippen MR) is 121 cm³/mol. The number of hydrogen-bond donors (Lipinski definition) is 0. The topological polar surface area (TPSA) is 91.0 Å². The van der Waals surface area contributed by atoms with Crippen molar-refractivity contribution in [3.63, 3.8) is 0 Å². The van der Waals surface area contributed by atoms with Crippen LogP contribution in [-0.4, -0.2) is 53.3 Å². The molecule has 5 rings (SSSR count).